The maximum absolute atomic E-state index is 9.26. The summed E-state index contributed by atoms with van der Waals surface area (Å²) in [5, 5.41) is 12.4. The molecule has 0 amide bonds. The lowest BCUT2D eigenvalue weighted by atomic mass is 10.1. The second-order valence-electron chi connectivity index (χ2n) is 3.64. The molecule has 1 atom stereocenters. The maximum atomic E-state index is 9.26. The monoisotopic (exact) mass is 227 g/mol. The van der Waals surface area contributed by atoms with Crippen LogP contribution in [-0.2, 0) is 6.42 Å². The van der Waals surface area contributed by atoms with Gasteiger partial charge in [0.15, 0.2) is 0 Å². The van der Waals surface area contributed by atoms with E-state index in [0.717, 1.165) is 18.5 Å². The predicted octanol–water partition coefficient (Wildman–Crippen LogP) is 2.65. The van der Waals surface area contributed by atoms with Gasteiger partial charge in [-0.15, -0.1) is 11.6 Å². The van der Waals surface area contributed by atoms with Crippen molar-refractivity contribution in [1.82, 2.24) is 0 Å². The zero-order valence-corrected chi connectivity index (χ0v) is 9.80. The van der Waals surface area contributed by atoms with Crippen LogP contribution >= 0.6 is 11.6 Å². The first kappa shape index (κ1) is 12.3. The van der Waals surface area contributed by atoms with Crippen LogP contribution in [0.3, 0.4) is 0 Å². The third-order valence-electron chi connectivity index (χ3n) is 2.21. The summed E-state index contributed by atoms with van der Waals surface area (Å²) in [6.45, 7) is 2.67. The number of hydrogen-bond acceptors (Lipinski definition) is 2. The van der Waals surface area contributed by atoms with Crippen LogP contribution < -0.4 is 5.32 Å². The first-order chi connectivity index (χ1) is 7.26. The van der Waals surface area contributed by atoms with Crippen molar-refractivity contribution in [3.05, 3.63) is 29.8 Å². The Morgan fingerprint density at radius 1 is 1.33 bits per heavy atom. The normalized spacial score (nSPS) is 12.5. The summed E-state index contributed by atoms with van der Waals surface area (Å²) in [6, 6.07) is 8.29. The molecule has 0 aliphatic heterocycles. The molecule has 0 bridgehead atoms. The molecule has 15 heavy (non-hydrogen) atoms. The lowest BCUT2D eigenvalue weighted by Crippen LogP contribution is -2.20. The summed E-state index contributed by atoms with van der Waals surface area (Å²) >= 11 is 5.49. The molecule has 1 aromatic carbocycles. The molecule has 0 saturated carbocycles. The fourth-order valence-corrected chi connectivity index (χ4v) is 1.48. The number of nitrogens with one attached hydrogen (secondary N) is 1. The smallest absolute Gasteiger partial charge is 0.0847 e. The molecule has 1 aromatic rings. The number of hydrogen-bond donors (Lipinski definition) is 2. The Kier molecular flexibility index (Phi) is 5.51. The molecular formula is C12H18ClNO. The third-order valence-corrected chi connectivity index (χ3v) is 2.57. The Bertz CT molecular complexity index is 273. The van der Waals surface area contributed by atoms with E-state index in [2.05, 4.69) is 24.4 Å². The number of benzene rings is 1. The maximum Gasteiger partial charge on any atom is 0.0847 e. The SMILES string of the molecule is CCCc1ccc(NCC(O)CCl)cc1. The fourth-order valence-electron chi connectivity index (χ4n) is 1.37. The average molecular weight is 228 g/mol. The summed E-state index contributed by atoms with van der Waals surface area (Å²) in [6.07, 6.45) is 1.80. The average Bonchev–Trinajstić information content (AvgIpc) is 2.28. The fraction of sp³-hybridized carbons (Fsp3) is 0.500. The van der Waals surface area contributed by atoms with Crippen LogP contribution in [0.4, 0.5) is 5.69 Å². The Balaban J connectivity index is 2.42. The molecule has 0 heterocycles. The molecule has 84 valence electrons. The number of aliphatic hydroxyl groups is 1. The van der Waals surface area contributed by atoms with Gasteiger partial charge in [0.05, 0.1) is 12.0 Å². The number of aliphatic hydroxyl groups excluding tert-OH is 1. The van der Waals surface area contributed by atoms with Gasteiger partial charge in [0.1, 0.15) is 0 Å². The molecule has 0 aliphatic rings. The second-order valence-corrected chi connectivity index (χ2v) is 3.94. The highest BCUT2D eigenvalue weighted by Gasteiger charge is 2.00. The molecule has 0 fully saturated rings. The van der Waals surface area contributed by atoms with Gasteiger partial charge in [-0.25, -0.2) is 0 Å². The molecule has 0 aliphatic carbocycles. The zero-order valence-electron chi connectivity index (χ0n) is 9.04. The van der Waals surface area contributed by atoms with Crippen molar-refractivity contribution in [3.8, 4) is 0 Å². The van der Waals surface area contributed by atoms with Gasteiger partial charge in [-0.2, -0.15) is 0 Å². The molecule has 2 nitrogen and oxygen atoms in total. The van der Waals surface area contributed by atoms with Gasteiger partial charge in [0.2, 0.25) is 0 Å². The number of alkyl halides is 1. The van der Waals surface area contributed by atoms with Crippen LogP contribution in [0.25, 0.3) is 0 Å². The Hall–Kier alpha value is -0.730. The van der Waals surface area contributed by atoms with E-state index in [4.69, 9.17) is 11.6 Å². The number of anilines is 1. The third kappa shape index (κ3) is 4.54. The van der Waals surface area contributed by atoms with Gasteiger partial charge in [-0.3, -0.25) is 0 Å². The Morgan fingerprint density at radius 2 is 2.00 bits per heavy atom. The molecule has 0 radical (unpaired) electrons. The molecule has 0 aromatic heterocycles. The standard InChI is InChI=1S/C12H18ClNO/c1-2-3-10-4-6-11(7-5-10)14-9-12(15)8-13/h4-7,12,14-15H,2-3,8-9H2,1H3. The van der Waals surface area contributed by atoms with E-state index in [1.54, 1.807) is 0 Å². The summed E-state index contributed by atoms with van der Waals surface area (Å²) in [7, 11) is 0. The molecule has 2 N–H and O–H groups in total. The minimum absolute atomic E-state index is 0.265. The van der Waals surface area contributed by atoms with Gasteiger partial charge < -0.3 is 10.4 Å². The second kappa shape index (κ2) is 6.70. The lowest BCUT2D eigenvalue weighted by molar-refractivity contribution is 0.211. The van der Waals surface area contributed by atoms with Gasteiger partial charge in [-0.1, -0.05) is 25.5 Å². The van der Waals surface area contributed by atoms with E-state index in [9.17, 15) is 5.11 Å². The summed E-state index contributed by atoms with van der Waals surface area (Å²) in [5.41, 5.74) is 2.37. The molecular weight excluding hydrogens is 210 g/mol. The van der Waals surface area contributed by atoms with E-state index >= 15 is 0 Å². The van der Waals surface area contributed by atoms with E-state index in [1.165, 1.54) is 5.56 Å². The number of aryl methyl sites for hydroxylation is 1. The van der Waals surface area contributed by atoms with Gasteiger partial charge in [-0.05, 0) is 24.1 Å². The van der Waals surface area contributed by atoms with E-state index in [1.807, 2.05) is 12.1 Å². The summed E-state index contributed by atoms with van der Waals surface area (Å²) in [5.74, 6) is 0.265. The van der Waals surface area contributed by atoms with Crippen molar-refractivity contribution < 1.29 is 5.11 Å². The molecule has 3 heteroatoms. The van der Waals surface area contributed by atoms with Gasteiger partial charge in [0.25, 0.3) is 0 Å². The largest absolute Gasteiger partial charge is 0.390 e. The number of rotatable bonds is 6. The van der Waals surface area contributed by atoms with E-state index in [-0.39, 0.29) is 5.88 Å². The van der Waals surface area contributed by atoms with Crippen LogP contribution in [0, 0.1) is 0 Å². The summed E-state index contributed by atoms with van der Waals surface area (Å²) < 4.78 is 0. The number of halogens is 1. The van der Waals surface area contributed by atoms with Crippen LogP contribution in [-0.4, -0.2) is 23.6 Å². The highest BCUT2D eigenvalue weighted by molar-refractivity contribution is 6.18. The van der Waals surface area contributed by atoms with Crippen molar-refractivity contribution in [2.45, 2.75) is 25.9 Å². The van der Waals surface area contributed by atoms with Crippen LogP contribution in [0.5, 0.6) is 0 Å². The molecule has 1 rings (SSSR count). The zero-order chi connectivity index (χ0) is 11.1. The van der Waals surface area contributed by atoms with Crippen LogP contribution in [0.15, 0.2) is 24.3 Å². The van der Waals surface area contributed by atoms with Crippen molar-refractivity contribution in [2.75, 3.05) is 17.7 Å². The van der Waals surface area contributed by atoms with Crippen molar-refractivity contribution in [1.29, 1.82) is 0 Å². The highest BCUT2D eigenvalue weighted by atomic mass is 35.5. The first-order valence-electron chi connectivity index (χ1n) is 5.33. The Morgan fingerprint density at radius 3 is 2.53 bits per heavy atom. The molecule has 0 spiro atoms. The van der Waals surface area contributed by atoms with Gasteiger partial charge >= 0.3 is 0 Å². The summed E-state index contributed by atoms with van der Waals surface area (Å²) in [4.78, 5) is 0. The van der Waals surface area contributed by atoms with Crippen LogP contribution in [0.2, 0.25) is 0 Å². The minimum Gasteiger partial charge on any atom is -0.390 e. The van der Waals surface area contributed by atoms with Crippen molar-refractivity contribution in [2.24, 2.45) is 0 Å². The van der Waals surface area contributed by atoms with Crippen LogP contribution in [0.1, 0.15) is 18.9 Å². The lowest BCUT2D eigenvalue weighted by Gasteiger charge is -2.10. The first-order valence-corrected chi connectivity index (χ1v) is 5.86. The topological polar surface area (TPSA) is 32.3 Å². The van der Waals surface area contributed by atoms with Crippen molar-refractivity contribution in [3.63, 3.8) is 0 Å². The van der Waals surface area contributed by atoms with E-state index in [0.29, 0.717) is 6.54 Å². The molecule has 1 unspecified atom stereocenters. The van der Waals surface area contributed by atoms with Gasteiger partial charge in [0, 0.05) is 12.2 Å². The van der Waals surface area contributed by atoms with Crippen molar-refractivity contribution >= 4 is 17.3 Å². The predicted molar refractivity (Wildman–Crippen MR) is 65.7 cm³/mol. The quantitative estimate of drug-likeness (QED) is 0.733. The minimum atomic E-state index is -0.484. The Labute approximate surface area is 96.3 Å². The molecule has 0 saturated heterocycles. The highest BCUT2D eigenvalue weighted by Crippen LogP contribution is 2.10. The van der Waals surface area contributed by atoms with E-state index < -0.39 is 6.10 Å².